The third kappa shape index (κ3) is 3.54. The van der Waals surface area contributed by atoms with Crippen molar-refractivity contribution in [1.82, 2.24) is 5.16 Å². The third-order valence-corrected chi connectivity index (χ3v) is 5.58. The van der Waals surface area contributed by atoms with E-state index in [4.69, 9.17) is 20.9 Å². The van der Waals surface area contributed by atoms with Crippen molar-refractivity contribution in [2.45, 2.75) is 18.7 Å². The van der Waals surface area contributed by atoms with Gasteiger partial charge in [0.2, 0.25) is 0 Å². The summed E-state index contributed by atoms with van der Waals surface area (Å²) in [6.45, 7) is 3.65. The Balaban J connectivity index is 1.87. The third-order valence-electron chi connectivity index (χ3n) is 3.89. The molecule has 136 valence electrons. The summed E-state index contributed by atoms with van der Waals surface area (Å²) in [6.07, 6.45) is 0. The molecule has 3 aromatic rings. The van der Waals surface area contributed by atoms with Gasteiger partial charge in [0.15, 0.2) is 0 Å². The summed E-state index contributed by atoms with van der Waals surface area (Å²) < 4.78 is 37.9. The molecule has 2 aromatic carbocycles. The quantitative estimate of drug-likeness (QED) is 0.695. The van der Waals surface area contributed by atoms with Crippen LogP contribution in [0.2, 0.25) is 5.02 Å². The summed E-state index contributed by atoms with van der Waals surface area (Å²) in [7, 11) is -2.25. The molecule has 0 amide bonds. The Morgan fingerprint density at radius 2 is 1.81 bits per heavy atom. The van der Waals surface area contributed by atoms with Crippen molar-refractivity contribution in [3.8, 4) is 16.9 Å². The first kappa shape index (κ1) is 18.3. The fourth-order valence-corrected chi connectivity index (χ4v) is 3.95. The Hall–Kier alpha value is -2.51. The molecule has 0 aliphatic rings. The van der Waals surface area contributed by atoms with Gasteiger partial charge in [-0.2, -0.15) is 0 Å². The van der Waals surface area contributed by atoms with Gasteiger partial charge < -0.3 is 9.26 Å². The molecule has 8 heteroatoms. The van der Waals surface area contributed by atoms with Crippen LogP contribution in [-0.2, 0) is 10.0 Å². The van der Waals surface area contributed by atoms with E-state index in [0.717, 1.165) is 16.8 Å². The maximum atomic E-state index is 12.6. The number of nitrogens with zero attached hydrogens (tertiary/aromatic N) is 1. The Morgan fingerprint density at radius 1 is 1.12 bits per heavy atom. The number of aromatic nitrogens is 1. The second kappa shape index (κ2) is 7.01. The highest BCUT2D eigenvalue weighted by atomic mass is 35.5. The van der Waals surface area contributed by atoms with Crippen molar-refractivity contribution >= 4 is 27.3 Å². The highest BCUT2D eigenvalue weighted by Gasteiger charge is 2.17. The molecule has 3 rings (SSSR count). The molecule has 0 aliphatic carbocycles. The van der Waals surface area contributed by atoms with Crippen LogP contribution < -0.4 is 9.46 Å². The van der Waals surface area contributed by atoms with Crippen molar-refractivity contribution in [2.75, 3.05) is 11.8 Å². The summed E-state index contributed by atoms with van der Waals surface area (Å²) in [5, 5.41) is 4.23. The molecule has 0 radical (unpaired) electrons. The first-order valence-electron chi connectivity index (χ1n) is 7.71. The van der Waals surface area contributed by atoms with E-state index < -0.39 is 10.0 Å². The van der Waals surface area contributed by atoms with Crippen molar-refractivity contribution in [1.29, 1.82) is 0 Å². The second-order valence-electron chi connectivity index (χ2n) is 5.68. The average molecular weight is 393 g/mol. The lowest BCUT2D eigenvalue weighted by molar-refractivity contribution is 0.393. The Labute approximate surface area is 156 Å². The standard InChI is InChI=1S/C18H17ClN2O4S/c1-11-18(12(2)25-20-11)13-4-7-15(8-5-13)26(22,23)21-14-6-9-17(24-3)16(19)10-14/h4-10,21H,1-3H3. The lowest BCUT2D eigenvalue weighted by Gasteiger charge is -2.10. The minimum atomic E-state index is -3.74. The summed E-state index contributed by atoms with van der Waals surface area (Å²) in [6, 6.07) is 11.2. The number of hydrogen-bond acceptors (Lipinski definition) is 5. The summed E-state index contributed by atoms with van der Waals surface area (Å²) in [5.41, 5.74) is 2.81. The lowest BCUT2D eigenvalue weighted by atomic mass is 10.0. The fourth-order valence-electron chi connectivity index (χ4n) is 2.64. The Bertz CT molecular complexity index is 1020. The van der Waals surface area contributed by atoms with Gasteiger partial charge >= 0.3 is 0 Å². The maximum Gasteiger partial charge on any atom is 0.261 e. The number of aryl methyl sites for hydroxylation is 2. The van der Waals surface area contributed by atoms with Gasteiger partial charge in [-0.3, -0.25) is 4.72 Å². The molecule has 6 nitrogen and oxygen atoms in total. The molecule has 26 heavy (non-hydrogen) atoms. The van der Waals surface area contributed by atoms with Crippen LogP contribution >= 0.6 is 11.6 Å². The molecule has 0 fully saturated rings. The largest absolute Gasteiger partial charge is 0.495 e. The number of anilines is 1. The van der Waals surface area contributed by atoms with Gasteiger partial charge in [0.25, 0.3) is 10.0 Å². The van der Waals surface area contributed by atoms with Gasteiger partial charge in [-0.05, 0) is 49.7 Å². The predicted octanol–water partition coefficient (Wildman–Crippen LogP) is 4.42. The molecule has 1 aromatic heterocycles. The van der Waals surface area contributed by atoms with Gasteiger partial charge in [-0.1, -0.05) is 28.9 Å². The highest BCUT2D eigenvalue weighted by molar-refractivity contribution is 7.92. The van der Waals surface area contributed by atoms with Crippen molar-refractivity contribution < 1.29 is 17.7 Å². The number of nitrogens with one attached hydrogen (secondary N) is 1. The van der Waals surface area contributed by atoms with E-state index in [1.165, 1.54) is 25.3 Å². The van der Waals surface area contributed by atoms with Crippen molar-refractivity contribution in [2.24, 2.45) is 0 Å². The zero-order chi connectivity index (χ0) is 18.9. The number of methoxy groups -OCH3 is 1. The van der Waals surface area contributed by atoms with Gasteiger partial charge in [-0.15, -0.1) is 0 Å². The number of benzene rings is 2. The molecule has 1 heterocycles. The molecular formula is C18H17ClN2O4S. The van der Waals surface area contributed by atoms with E-state index in [0.29, 0.717) is 22.2 Å². The van der Waals surface area contributed by atoms with Crippen LogP contribution in [0, 0.1) is 13.8 Å². The van der Waals surface area contributed by atoms with E-state index in [-0.39, 0.29) is 4.90 Å². The van der Waals surface area contributed by atoms with Crippen LogP contribution in [0.1, 0.15) is 11.5 Å². The number of rotatable bonds is 5. The molecule has 1 N–H and O–H groups in total. The van der Waals surface area contributed by atoms with E-state index in [9.17, 15) is 8.42 Å². The van der Waals surface area contributed by atoms with Crippen LogP contribution in [0.25, 0.3) is 11.1 Å². The van der Waals surface area contributed by atoms with Gasteiger partial charge in [0.1, 0.15) is 11.5 Å². The first-order chi connectivity index (χ1) is 12.3. The zero-order valence-corrected chi connectivity index (χ0v) is 16.0. The first-order valence-corrected chi connectivity index (χ1v) is 9.57. The molecule has 0 unspecified atom stereocenters. The highest BCUT2D eigenvalue weighted by Crippen LogP contribution is 2.30. The van der Waals surface area contributed by atoms with Crippen LogP contribution in [0.5, 0.6) is 5.75 Å². The van der Waals surface area contributed by atoms with Gasteiger partial charge in [-0.25, -0.2) is 8.42 Å². The molecular weight excluding hydrogens is 376 g/mol. The summed E-state index contributed by atoms with van der Waals surface area (Å²) in [5.74, 6) is 1.16. The number of sulfonamides is 1. The van der Waals surface area contributed by atoms with E-state index in [1.807, 2.05) is 13.8 Å². The smallest absolute Gasteiger partial charge is 0.261 e. The monoisotopic (exact) mass is 392 g/mol. The predicted molar refractivity (Wildman–Crippen MR) is 100 cm³/mol. The van der Waals surface area contributed by atoms with E-state index in [1.54, 1.807) is 24.3 Å². The minimum absolute atomic E-state index is 0.139. The Morgan fingerprint density at radius 3 is 2.35 bits per heavy atom. The van der Waals surface area contributed by atoms with Crippen LogP contribution in [0.4, 0.5) is 5.69 Å². The molecule has 0 atom stereocenters. The lowest BCUT2D eigenvalue weighted by Crippen LogP contribution is -2.12. The molecule has 0 bridgehead atoms. The van der Waals surface area contributed by atoms with Crippen molar-refractivity contribution in [3.05, 3.63) is 58.9 Å². The zero-order valence-electron chi connectivity index (χ0n) is 14.4. The SMILES string of the molecule is COc1ccc(NS(=O)(=O)c2ccc(-c3c(C)noc3C)cc2)cc1Cl. The Kier molecular flexibility index (Phi) is 4.93. The average Bonchev–Trinajstić information content (AvgIpc) is 2.93. The van der Waals surface area contributed by atoms with Gasteiger partial charge in [0.05, 0.1) is 28.4 Å². The second-order valence-corrected chi connectivity index (χ2v) is 7.77. The van der Waals surface area contributed by atoms with Crippen LogP contribution in [-0.4, -0.2) is 20.7 Å². The fraction of sp³-hybridized carbons (Fsp3) is 0.167. The normalized spacial score (nSPS) is 11.4. The molecule has 0 aliphatic heterocycles. The molecule has 0 saturated carbocycles. The van der Waals surface area contributed by atoms with E-state index >= 15 is 0 Å². The molecule has 0 saturated heterocycles. The molecule has 0 spiro atoms. The van der Waals surface area contributed by atoms with E-state index in [2.05, 4.69) is 9.88 Å². The number of hydrogen-bond donors (Lipinski definition) is 1. The summed E-state index contributed by atoms with van der Waals surface area (Å²) in [4.78, 5) is 0.139. The minimum Gasteiger partial charge on any atom is -0.495 e. The van der Waals surface area contributed by atoms with Crippen LogP contribution in [0.3, 0.4) is 0 Å². The maximum absolute atomic E-state index is 12.6. The number of halogens is 1. The van der Waals surface area contributed by atoms with Crippen molar-refractivity contribution in [3.63, 3.8) is 0 Å². The van der Waals surface area contributed by atoms with Gasteiger partial charge in [0, 0.05) is 5.56 Å². The van der Waals surface area contributed by atoms with Crippen LogP contribution in [0.15, 0.2) is 51.9 Å². The summed E-state index contributed by atoms with van der Waals surface area (Å²) >= 11 is 6.04. The number of ether oxygens (including phenoxy) is 1. The topological polar surface area (TPSA) is 81.4 Å².